The Balaban J connectivity index is 4.02. The topological polar surface area (TPSA) is 72.5 Å². The van der Waals surface area contributed by atoms with Crippen molar-refractivity contribution < 1.29 is 14.0 Å². The van der Waals surface area contributed by atoms with Gasteiger partial charge in [0.25, 0.3) is 0 Å². The Morgan fingerprint density at radius 2 is 2.18 bits per heavy atom. The van der Waals surface area contributed by atoms with Crippen LogP contribution in [0.5, 0.6) is 0 Å². The third kappa shape index (κ3) is 6.84. The third-order valence-electron chi connectivity index (χ3n) is 1.09. The van der Waals surface area contributed by atoms with Crippen LogP contribution in [0.4, 0.5) is 0 Å². The van der Waals surface area contributed by atoms with E-state index in [1.165, 1.54) is 0 Å². The Bertz CT molecular complexity index is 167. The summed E-state index contributed by atoms with van der Waals surface area (Å²) in [5.74, 6) is 0.590. The molecule has 0 aliphatic carbocycles. The first kappa shape index (κ1) is 11.5. The molecule has 0 aromatic rings. The molecule has 6 heteroatoms. The van der Waals surface area contributed by atoms with Gasteiger partial charge in [-0.15, -0.1) is 0 Å². The van der Waals surface area contributed by atoms with E-state index in [0.717, 1.165) is 0 Å². The van der Waals surface area contributed by atoms with E-state index in [4.69, 9.17) is 14.9 Å². The van der Waals surface area contributed by atoms with Gasteiger partial charge >= 0.3 is 7.75 Å². The molecule has 1 atom stereocenters. The molecule has 0 radical (unpaired) electrons. The van der Waals surface area contributed by atoms with Crippen LogP contribution >= 0.6 is 20.4 Å². The second kappa shape index (κ2) is 3.92. The molecular weight excluding hydrogens is 185 g/mol. The van der Waals surface area contributed by atoms with Gasteiger partial charge in [-0.05, 0) is 26.0 Å². The van der Waals surface area contributed by atoms with Crippen molar-refractivity contribution in [3.63, 3.8) is 0 Å². The zero-order valence-corrected chi connectivity index (χ0v) is 8.44. The second-order valence-electron chi connectivity index (χ2n) is 2.89. The summed E-state index contributed by atoms with van der Waals surface area (Å²) in [7, 11) is -3.85. The van der Waals surface area contributed by atoms with Gasteiger partial charge in [-0.1, -0.05) is 0 Å². The quantitative estimate of drug-likeness (QED) is 0.469. The highest BCUT2D eigenvalue weighted by Crippen LogP contribution is 2.38. The first-order valence-corrected chi connectivity index (χ1v) is 5.48. The van der Waals surface area contributed by atoms with E-state index >= 15 is 0 Å². The predicted molar refractivity (Wildman–Crippen MR) is 47.6 cm³/mol. The molecule has 0 rings (SSSR count). The van der Waals surface area contributed by atoms with E-state index < -0.39 is 13.3 Å². The smallest absolute Gasteiger partial charge is 0.313 e. The van der Waals surface area contributed by atoms with Gasteiger partial charge in [0.2, 0.25) is 0 Å². The predicted octanol–water partition coefficient (Wildman–Crippen LogP) is 1.16. The zero-order valence-electron chi connectivity index (χ0n) is 6.65. The minimum Gasteiger partial charge on any atom is -0.313 e. The lowest BCUT2D eigenvalue weighted by molar-refractivity contribution is 0.0899. The molecule has 4 nitrogen and oxygen atoms in total. The van der Waals surface area contributed by atoms with Crippen molar-refractivity contribution in [2.75, 3.05) is 5.75 Å². The standard InChI is InChI=1S/C5H14NO3PS/c1-5(2,3-4-11)9-10(6,7)8/h11H,3-4H2,1-2H3,(H3,6,7,8). The van der Waals surface area contributed by atoms with Crippen LogP contribution in [-0.2, 0) is 9.09 Å². The molecule has 0 spiro atoms. The monoisotopic (exact) mass is 199 g/mol. The van der Waals surface area contributed by atoms with E-state index in [-0.39, 0.29) is 0 Å². The van der Waals surface area contributed by atoms with Gasteiger partial charge in [-0.3, -0.25) is 4.52 Å². The van der Waals surface area contributed by atoms with Gasteiger partial charge in [-0.25, -0.2) is 10.1 Å². The van der Waals surface area contributed by atoms with E-state index in [9.17, 15) is 4.57 Å². The zero-order chi connectivity index (χ0) is 9.12. The summed E-state index contributed by atoms with van der Waals surface area (Å²) >= 11 is 3.97. The number of rotatable bonds is 4. The molecule has 11 heavy (non-hydrogen) atoms. The summed E-state index contributed by atoms with van der Waals surface area (Å²) < 4.78 is 15.3. The summed E-state index contributed by atoms with van der Waals surface area (Å²) in [5.41, 5.74) is 4.14. The molecule has 0 saturated carbocycles. The Hall–Kier alpha value is 0.460. The molecule has 0 aromatic heterocycles. The van der Waals surface area contributed by atoms with Crippen molar-refractivity contribution in [2.24, 2.45) is 5.50 Å². The van der Waals surface area contributed by atoms with Crippen molar-refractivity contribution in [1.82, 2.24) is 0 Å². The molecule has 68 valence electrons. The minimum absolute atomic E-state index is 0.581. The molecule has 0 fully saturated rings. The summed E-state index contributed by atoms with van der Waals surface area (Å²) in [4.78, 5) is 8.67. The average molecular weight is 199 g/mol. The molecule has 0 aliphatic heterocycles. The highest BCUT2D eigenvalue weighted by Gasteiger charge is 2.26. The Labute approximate surface area is 72.1 Å². The number of nitrogens with two attached hydrogens (primary N) is 1. The Kier molecular flexibility index (Phi) is 4.08. The Morgan fingerprint density at radius 3 is 2.45 bits per heavy atom. The van der Waals surface area contributed by atoms with Gasteiger partial charge in [0.15, 0.2) is 0 Å². The maximum absolute atomic E-state index is 10.6. The molecule has 0 aromatic carbocycles. The number of hydrogen-bond donors (Lipinski definition) is 3. The van der Waals surface area contributed by atoms with Crippen LogP contribution < -0.4 is 5.50 Å². The first-order chi connectivity index (χ1) is 4.77. The molecule has 0 amide bonds. The molecule has 0 aliphatic rings. The van der Waals surface area contributed by atoms with Gasteiger partial charge in [0.05, 0.1) is 5.60 Å². The van der Waals surface area contributed by atoms with Gasteiger partial charge < -0.3 is 4.89 Å². The van der Waals surface area contributed by atoms with Crippen molar-refractivity contribution in [3.8, 4) is 0 Å². The molecule has 0 bridgehead atoms. The van der Waals surface area contributed by atoms with Gasteiger partial charge in [-0.2, -0.15) is 12.6 Å². The summed E-state index contributed by atoms with van der Waals surface area (Å²) in [6.07, 6.45) is 0.581. The molecule has 1 unspecified atom stereocenters. The number of hydrogen-bond acceptors (Lipinski definition) is 3. The fraction of sp³-hybridized carbons (Fsp3) is 1.00. The summed E-state index contributed by atoms with van der Waals surface area (Å²) in [6.45, 7) is 3.39. The highest BCUT2D eigenvalue weighted by atomic mass is 32.1. The third-order valence-corrected chi connectivity index (χ3v) is 2.07. The maximum atomic E-state index is 10.6. The van der Waals surface area contributed by atoms with Crippen LogP contribution in [0.25, 0.3) is 0 Å². The lowest BCUT2D eigenvalue weighted by Gasteiger charge is -2.24. The van der Waals surface area contributed by atoms with Crippen molar-refractivity contribution in [1.29, 1.82) is 0 Å². The summed E-state index contributed by atoms with van der Waals surface area (Å²) in [6, 6.07) is 0. The summed E-state index contributed by atoms with van der Waals surface area (Å²) in [5, 5.41) is 0. The normalized spacial score (nSPS) is 17.9. The van der Waals surface area contributed by atoms with Crippen LogP contribution in [0.2, 0.25) is 0 Å². The van der Waals surface area contributed by atoms with Crippen LogP contribution in [0.15, 0.2) is 0 Å². The van der Waals surface area contributed by atoms with Crippen LogP contribution in [0.3, 0.4) is 0 Å². The minimum atomic E-state index is -3.85. The van der Waals surface area contributed by atoms with Gasteiger partial charge in [0, 0.05) is 0 Å². The van der Waals surface area contributed by atoms with Crippen LogP contribution in [0.1, 0.15) is 20.3 Å². The SMILES string of the molecule is CC(C)(CCS)OP(N)(=O)O. The maximum Gasteiger partial charge on any atom is 0.400 e. The molecule has 3 N–H and O–H groups in total. The molecular formula is C5H14NO3PS. The van der Waals surface area contributed by atoms with E-state index in [2.05, 4.69) is 12.6 Å². The largest absolute Gasteiger partial charge is 0.400 e. The van der Waals surface area contributed by atoms with E-state index in [1.54, 1.807) is 13.8 Å². The van der Waals surface area contributed by atoms with Crippen LogP contribution in [-0.4, -0.2) is 16.2 Å². The van der Waals surface area contributed by atoms with Crippen LogP contribution in [0, 0.1) is 0 Å². The first-order valence-electron chi connectivity index (χ1n) is 3.20. The van der Waals surface area contributed by atoms with Crippen molar-refractivity contribution >= 4 is 20.4 Å². The fourth-order valence-electron chi connectivity index (χ4n) is 0.669. The van der Waals surface area contributed by atoms with E-state index in [0.29, 0.717) is 12.2 Å². The van der Waals surface area contributed by atoms with Crippen molar-refractivity contribution in [2.45, 2.75) is 25.9 Å². The molecule has 0 saturated heterocycles. The highest BCUT2D eigenvalue weighted by molar-refractivity contribution is 7.80. The number of thiol groups is 1. The lowest BCUT2D eigenvalue weighted by atomic mass is 10.1. The fourth-order valence-corrected chi connectivity index (χ4v) is 2.01. The average Bonchev–Trinajstić information content (AvgIpc) is 1.55. The second-order valence-corrected chi connectivity index (χ2v) is 4.65. The molecule has 0 heterocycles. The lowest BCUT2D eigenvalue weighted by Crippen LogP contribution is -2.25. The Morgan fingerprint density at radius 1 is 1.73 bits per heavy atom. The van der Waals surface area contributed by atoms with E-state index in [1.807, 2.05) is 0 Å². The van der Waals surface area contributed by atoms with Crippen molar-refractivity contribution in [3.05, 3.63) is 0 Å². The van der Waals surface area contributed by atoms with Gasteiger partial charge in [0.1, 0.15) is 0 Å².